The van der Waals surface area contributed by atoms with Crippen molar-refractivity contribution in [1.82, 2.24) is 0 Å². The van der Waals surface area contributed by atoms with Crippen molar-refractivity contribution in [3.05, 3.63) is 12.2 Å². The summed E-state index contributed by atoms with van der Waals surface area (Å²) in [5.74, 6) is -1.30. The average Bonchev–Trinajstić information content (AvgIpc) is 2.06. The molecule has 11 heavy (non-hydrogen) atoms. The zero-order valence-corrected chi connectivity index (χ0v) is 5.61. The highest BCUT2D eigenvalue weighted by atomic mass is 17.2. The lowest BCUT2D eigenvalue weighted by Crippen LogP contribution is -2.07. The second kappa shape index (κ2) is 3.72. The van der Waals surface area contributed by atoms with Crippen LogP contribution >= 0.6 is 0 Å². The Balaban J connectivity index is 2.53. The van der Waals surface area contributed by atoms with E-state index >= 15 is 0 Å². The van der Waals surface area contributed by atoms with Crippen molar-refractivity contribution in [3.63, 3.8) is 0 Å². The Morgan fingerprint density at radius 1 is 1.09 bits per heavy atom. The number of cyclic esters (lactones) is 1. The summed E-state index contributed by atoms with van der Waals surface area (Å²) in [6, 6.07) is 0. The second-order valence-electron chi connectivity index (χ2n) is 1.73. The van der Waals surface area contributed by atoms with Crippen LogP contribution in [0.3, 0.4) is 0 Å². The SMILES string of the molecule is O=C1/C=C/C(=O)OOCCO1. The fraction of sp³-hybridized carbons (Fsp3) is 0.333. The van der Waals surface area contributed by atoms with Crippen molar-refractivity contribution >= 4 is 11.9 Å². The summed E-state index contributed by atoms with van der Waals surface area (Å²) in [5, 5.41) is 0. The number of ether oxygens (including phenoxy) is 1. The Labute approximate surface area is 62.5 Å². The standard InChI is InChI=1S/C6H6O5/c7-5-1-2-6(8)11-10-4-3-9-5/h1-2H,3-4H2/b2-1+. The monoisotopic (exact) mass is 158 g/mol. The van der Waals surface area contributed by atoms with Crippen molar-refractivity contribution < 1.29 is 24.1 Å². The van der Waals surface area contributed by atoms with Crippen molar-refractivity contribution in [2.75, 3.05) is 13.2 Å². The molecule has 0 aromatic heterocycles. The van der Waals surface area contributed by atoms with Crippen LogP contribution in [0.5, 0.6) is 0 Å². The summed E-state index contributed by atoms with van der Waals surface area (Å²) >= 11 is 0. The first-order chi connectivity index (χ1) is 5.29. The van der Waals surface area contributed by atoms with E-state index in [2.05, 4.69) is 14.5 Å². The Morgan fingerprint density at radius 3 is 2.64 bits per heavy atom. The number of carbonyl (C=O) groups is 2. The summed E-state index contributed by atoms with van der Waals surface area (Å²) in [6.07, 6.45) is 1.92. The van der Waals surface area contributed by atoms with Crippen LogP contribution in [0.25, 0.3) is 0 Å². The molecule has 0 N–H and O–H groups in total. The Morgan fingerprint density at radius 2 is 1.82 bits per heavy atom. The van der Waals surface area contributed by atoms with Gasteiger partial charge in [0.15, 0.2) is 0 Å². The molecule has 0 saturated heterocycles. The third-order valence-corrected chi connectivity index (χ3v) is 0.908. The molecule has 0 aliphatic carbocycles. The summed E-state index contributed by atoms with van der Waals surface area (Å²) in [7, 11) is 0. The number of hydrogen-bond acceptors (Lipinski definition) is 5. The zero-order chi connectivity index (χ0) is 8.10. The first kappa shape index (κ1) is 7.74. The van der Waals surface area contributed by atoms with Gasteiger partial charge in [0.2, 0.25) is 0 Å². The minimum absolute atomic E-state index is 0.0547. The van der Waals surface area contributed by atoms with Gasteiger partial charge in [0, 0.05) is 12.2 Å². The molecule has 0 aromatic rings. The van der Waals surface area contributed by atoms with Crippen LogP contribution in [0, 0.1) is 0 Å². The van der Waals surface area contributed by atoms with Gasteiger partial charge < -0.3 is 4.74 Å². The summed E-state index contributed by atoms with van der Waals surface area (Å²) in [5.41, 5.74) is 0. The molecule has 1 aliphatic rings. The van der Waals surface area contributed by atoms with E-state index in [4.69, 9.17) is 0 Å². The minimum Gasteiger partial charge on any atom is -0.460 e. The molecular weight excluding hydrogens is 152 g/mol. The summed E-state index contributed by atoms with van der Waals surface area (Å²) in [6.45, 7) is 0.135. The molecule has 0 amide bonds. The molecule has 0 fully saturated rings. The fourth-order valence-electron chi connectivity index (χ4n) is 0.488. The van der Waals surface area contributed by atoms with E-state index in [1.807, 2.05) is 0 Å². The molecule has 1 aliphatic heterocycles. The highest BCUT2D eigenvalue weighted by Crippen LogP contribution is 1.90. The van der Waals surface area contributed by atoms with Crippen LogP contribution in [0.2, 0.25) is 0 Å². The smallest absolute Gasteiger partial charge is 0.366 e. The lowest BCUT2D eigenvalue weighted by atomic mass is 10.5. The van der Waals surface area contributed by atoms with Gasteiger partial charge in [0.1, 0.15) is 13.2 Å². The van der Waals surface area contributed by atoms with Gasteiger partial charge in [-0.1, -0.05) is 0 Å². The predicted molar refractivity (Wildman–Crippen MR) is 32.1 cm³/mol. The van der Waals surface area contributed by atoms with Gasteiger partial charge in [0.05, 0.1) is 0 Å². The largest absolute Gasteiger partial charge is 0.460 e. The molecule has 0 unspecified atom stereocenters. The molecule has 60 valence electrons. The highest BCUT2D eigenvalue weighted by molar-refractivity contribution is 5.91. The number of esters is 1. The van der Waals surface area contributed by atoms with Crippen LogP contribution in [0.1, 0.15) is 0 Å². The third kappa shape index (κ3) is 2.81. The van der Waals surface area contributed by atoms with Crippen molar-refractivity contribution in [3.8, 4) is 0 Å². The minimum atomic E-state index is -0.719. The summed E-state index contributed by atoms with van der Waals surface area (Å²) < 4.78 is 4.53. The van der Waals surface area contributed by atoms with Gasteiger partial charge in [-0.05, 0) is 0 Å². The number of rotatable bonds is 0. The normalized spacial score (nSPS) is 22.2. The van der Waals surface area contributed by atoms with Gasteiger partial charge in [-0.2, -0.15) is 4.89 Å². The quantitative estimate of drug-likeness (QED) is 0.353. The molecule has 0 saturated carbocycles. The molecule has 0 bridgehead atoms. The van der Waals surface area contributed by atoms with Crippen molar-refractivity contribution in [2.24, 2.45) is 0 Å². The molecule has 5 heteroatoms. The molecule has 1 rings (SSSR count). The average molecular weight is 158 g/mol. The van der Waals surface area contributed by atoms with E-state index < -0.39 is 11.9 Å². The van der Waals surface area contributed by atoms with Crippen LogP contribution < -0.4 is 0 Å². The maximum atomic E-state index is 10.6. The van der Waals surface area contributed by atoms with E-state index in [1.54, 1.807) is 0 Å². The molecule has 0 aromatic carbocycles. The maximum absolute atomic E-state index is 10.6. The molecule has 1 heterocycles. The lowest BCUT2D eigenvalue weighted by molar-refractivity contribution is -0.270. The Hall–Kier alpha value is -1.36. The second-order valence-corrected chi connectivity index (χ2v) is 1.73. The number of hydrogen-bond donors (Lipinski definition) is 0. The first-order valence-electron chi connectivity index (χ1n) is 2.97. The van der Waals surface area contributed by atoms with Gasteiger partial charge in [-0.15, -0.1) is 0 Å². The van der Waals surface area contributed by atoms with E-state index in [0.717, 1.165) is 12.2 Å². The van der Waals surface area contributed by atoms with Gasteiger partial charge in [-0.25, -0.2) is 9.59 Å². The van der Waals surface area contributed by atoms with Gasteiger partial charge in [-0.3, -0.25) is 4.89 Å². The Kier molecular flexibility index (Phi) is 2.62. The lowest BCUT2D eigenvalue weighted by Gasteiger charge is -1.98. The fourth-order valence-corrected chi connectivity index (χ4v) is 0.488. The van der Waals surface area contributed by atoms with Crippen molar-refractivity contribution in [2.45, 2.75) is 0 Å². The van der Waals surface area contributed by atoms with Crippen LogP contribution in [-0.2, 0) is 24.1 Å². The Bertz CT molecular complexity index is 175. The summed E-state index contributed by atoms with van der Waals surface area (Å²) in [4.78, 5) is 29.5. The third-order valence-electron chi connectivity index (χ3n) is 0.908. The van der Waals surface area contributed by atoms with E-state index in [9.17, 15) is 9.59 Å². The van der Waals surface area contributed by atoms with Crippen LogP contribution in [0.4, 0.5) is 0 Å². The molecule has 5 nitrogen and oxygen atoms in total. The van der Waals surface area contributed by atoms with Crippen LogP contribution in [-0.4, -0.2) is 25.2 Å². The number of carbonyl (C=O) groups excluding carboxylic acids is 2. The maximum Gasteiger partial charge on any atom is 0.366 e. The van der Waals surface area contributed by atoms with Crippen molar-refractivity contribution in [1.29, 1.82) is 0 Å². The van der Waals surface area contributed by atoms with E-state index in [1.165, 1.54) is 0 Å². The molecular formula is C6H6O5. The van der Waals surface area contributed by atoms with Gasteiger partial charge in [0.25, 0.3) is 0 Å². The predicted octanol–water partition coefficient (Wildman–Crippen LogP) is -0.426. The van der Waals surface area contributed by atoms with E-state index in [-0.39, 0.29) is 13.2 Å². The molecule has 0 atom stereocenters. The zero-order valence-electron chi connectivity index (χ0n) is 5.61. The van der Waals surface area contributed by atoms with Crippen LogP contribution in [0.15, 0.2) is 12.2 Å². The molecule has 0 radical (unpaired) electrons. The van der Waals surface area contributed by atoms with Gasteiger partial charge >= 0.3 is 11.9 Å². The molecule has 0 spiro atoms. The topological polar surface area (TPSA) is 61.8 Å². The highest BCUT2D eigenvalue weighted by Gasteiger charge is 2.05. The van der Waals surface area contributed by atoms with E-state index in [0.29, 0.717) is 0 Å². The first-order valence-corrected chi connectivity index (χ1v) is 2.97.